The standard InChI is InChI=1S/C13H18N2O3/c1-18-9-10-5-6-15(7-10)8-11-3-2-4-12(14-11)13(16)17/h2-4,10H,5-9H2,1H3,(H,16,17). The smallest absolute Gasteiger partial charge is 0.354 e. The van der Waals surface area contributed by atoms with Crippen molar-refractivity contribution in [2.75, 3.05) is 26.8 Å². The number of methoxy groups -OCH3 is 1. The van der Waals surface area contributed by atoms with Gasteiger partial charge in [0.2, 0.25) is 0 Å². The van der Waals surface area contributed by atoms with E-state index < -0.39 is 5.97 Å². The lowest BCUT2D eigenvalue weighted by Gasteiger charge is -2.15. The molecule has 0 bridgehead atoms. The summed E-state index contributed by atoms with van der Waals surface area (Å²) in [4.78, 5) is 17.3. The van der Waals surface area contributed by atoms with Gasteiger partial charge in [-0.15, -0.1) is 0 Å². The Morgan fingerprint density at radius 1 is 1.61 bits per heavy atom. The highest BCUT2D eigenvalue weighted by molar-refractivity contribution is 5.85. The summed E-state index contributed by atoms with van der Waals surface area (Å²) in [7, 11) is 1.72. The minimum Gasteiger partial charge on any atom is -0.477 e. The first-order valence-corrected chi connectivity index (χ1v) is 6.09. The van der Waals surface area contributed by atoms with Crippen molar-refractivity contribution in [2.45, 2.75) is 13.0 Å². The molecule has 98 valence electrons. The van der Waals surface area contributed by atoms with Gasteiger partial charge in [0.1, 0.15) is 5.69 Å². The van der Waals surface area contributed by atoms with E-state index in [4.69, 9.17) is 9.84 Å². The molecule has 1 aliphatic rings. The molecule has 0 radical (unpaired) electrons. The van der Waals surface area contributed by atoms with Gasteiger partial charge in [-0.1, -0.05) is 6.07 Å². The average molecular weight is 250 g/mol. The molecular weight excluding hydrogens is 232 g/mol. The fourth-order valence-electron chi connectivity index (χ4n) is 2.34. The quantitative estimate of drug-likeness (QED) is 0.852. The second-order valence-electron chi connectivity index (χ2n) is 4.66. The number of rotatable bonds is 5. The van der Waals surface area contributed by atoms with Crippen LogP contribution in [0.4, 0.5) is 0 Å². The zero-order chi connectivity index (χ0) is 13.0. The van der Waals surface area contributed by atoms with Crippen molar-refractivity contribution in [2.24, 2.45) is 5.92 Å². The van der Waals surface area contributed by atoms with Crippen LogP contribution < -0.4 is 0 Å². The molecule has 18 heavy (non-hydrogen) atoms. The summed E-state index contributed by atoms with van der Waals surface area (Å²) in [6.45, 7) is 3.51. The van der Waals surface area contributed by atoms with E-state index >= 15 is 0 Å². The Morgan fingerprint density at radius 3 is 3.17 bits per heavy atom. The van der Waals surface area contributed by atoms with E-state index in [0.29, 0.717) is 12.5 Å². The summed E-state index contributed by atoms with van der Waals surface area (Å²) >= 11 is 0. The Kier molecular flexibility index (Phi) is 4.28. The van der Waals surface area contributed by atoms with E-state index in [-0.39, 0.29) is 5.69 Å². The maximum absolute atomic E-state index is 10.8. The topological polar surface area (TPSA) is 62.7 Å². The number of carboxylic acids is 1. The lowest BCUT2D eigenvalue weighted by molar-refractivity contribution is 0.0690. The first-order chi connectivity index (χ1) is 8.69. The van der Waals surface area contributed by atoms with Crippen molar-refractivity contribution in [1.82, 2.24) is 9.88 Å². The van der Waals surface area contributed by atoms with Crippen molar-refractivity contribution in [1.29, 1.82) is 0 Å². The maximum Gasteiger partial charge on any atom is 0.354 e. The number of likely N-dealkylation sites (tertiary alicyclic amines) is 1. The fourth-order valence-corrected chi connectivity index (χ4v) is 2.34. The third-order valence-corrected chi connectivity index (χ3v) is 3.18. The third-order valence-electron chi connectivity index (χ3n) is 3.18. The van der Waals surface area contributed by atoms with Gasteiger partial charge in [-0.2, -0.15) is 0 Å². The Labute approximate surface area is 106 Å². The molecular formula is C13H18N2O3. The minimum atomic E-state index is -0.976. The Bertz CT molecular complexity index is 422. The van der Waals surface area contributed by atoms with Crippen LogP contribution in [0.1, 0.15) is 22.6 Å². The molecule has 1 aliphatic heterocycles. The highest BCUT2D eigenvalue weighted by Gasteiger charge is 2.22. The second-order valence-corrected chi connectivity index (χ2v) is 4.66. The van der Waals surface area contributed by atoms with Crippen molar-refractivity contribution in [3.8, 4) is 0 Å². The van der Waals surface area contributed by atoms with Crippen LogP contribution in [0.5, 0.6) is 0 Å². The van der Waals surface area contributed by atoms with Gasteiger partial charge in [0.05, 0.1) is 12.3 Å². The second kappa shape index (κ2) is 5.93. The molecule has 2 rings (SSSR count). The molecule has 5 heteroatoms. The maximum atomic E-state index is 10.8. The fraction of sp³-hybridized carbons (Fsp3) is 0.538. The monoisotopic (exact) mass is 250 g/mol. The summed E-state index contributed by atoms with van der Waals surface area (Å²) < 4.78 is 5.15. The summed E-state index contributed by atoms with van der Waals surface area (Å²) in [6.07, 6.45) is 1.13. The number of carboxylic acid groups (broad SMARTS) is 1. The van der Waals surface area contributed by atoms with E-state index in [9.17, 15) is 4.79 Å². The van der Waals surface area contributed by atoms with E-state index in [1.807, 2.05) is 6.07 Å². The van der Waals surface area contributed by atoms with Gasteiger partial charge in [-0.05, 0) is 31.0 Å². The predicted molar refractivity (Wildman–Crippen MR) is 66.5 cm³/mol. The first-order valence-electron chi connectivity index (χ1n) is 6.09. The van der Waals surface area contributed by atoms with Crippen LogP contribution in [-0.2, 0) is 11.3 Å². The van der Waals surface area contributed by atoms with Gasteiger partial charge < -0.3 is 9.84 Å². The van der Waals surface area contributed by atoms with Crippen LogP contribution >= 0.6 is 0 Å². The highest BCUT2D eigenvalue weighted by Crippen LogP contribution is 2.18. The van der Waals surface area contributed by atoms with Gasteiger partial charge in [0.25, 0.3) is 0 Å². The van der Waals surface area contributed by atoms with Gasteiger partial charge >= 0.3 is 5.97 Å². The molecule has 5 nitrogen and oxygen atoms in total. The summed E-state index contributed by atoms with van der Waals surface area (Å²) in [5.74, 6) is -0.395. The Hall–Kier alpha value is -1.46. The normalized spacial score (nSPS) is 20.2. The molecule has 1 unspecified atom stereocenters. The summed E-state index contributed by atoms with van der Waals surface area (Å²) in [6, 6.07) is 5.13. The van der Waals surface area contributed by atoms with Crippen LogP contribution in [0.3, 0.4) is 0 Å². The molecule has 2 heterocycles. The van der Waals surface area contributed by atoms with Gasteiger partial charge in [-0.25, -0.2) is 9.78 Å². The molecule has 1 N–H and O–H groups in total. The predicted octanol–water partition coefficient (Wildman–Crippen LogP) is 1.25. The highest BCUT2D eigenvalue weighted by atomic mass is 16.5. The van der Waals surface area contributed by atoms with E-state index in [1.165, 1.54) is 6.07 Å². The van der Waals surface area contributed by atoms with Crippen LogP contribution in [0.15, 0.2) is 18.2 Å². The largest absolute Gasteiger partial charge is 0.477 e. The van der Waals surface area contributed by atoms with Crippen LogP contribution in [0.2, 0.25) is 0 Å². The zero-order valence-corrected chi connectivity index (χ0v) is 10.5. The van der Waals surface area contributed by atoms with Crippen molar-refractivity contribution in [3.63, 3.8) is 0 Å². The molecule has 1 atom stereocenters. The number of aromatic carboxylic acids is 1. The number of pyridine rings is 1. The third kappa shape index (κ3) is 3.27. The number of aromatic nitrogens is 1. The van der Waals surface area contributed by atoms with E-state index in [2.05, 4.69) is 9.88 Å². The van der Waals surface area contributed by atoms with Gasteiger partial charge in [0.15, 0.2) is 0 Å². The van der Waals surface area contributed by atoms with Gasteiger partial charge in [0, 0.05) is 20.2 Å². The molecule has 0 aromatic carbocycles. The number of ether oxygens (including phenoxy) is 1. The van der Waals surface area contributed by atoms with Crippen molar-refractivity contribution >= 4 is 5.97 Å². The first kappa shape index (κ1) is 13.0. The summed E-state index contributed by atoms with van der Waals surface area (Å²) in [5.41, 5.74) is 0.924. The van der Waals surface area contributed by atoms with E-state index in [0.717, 1.165) is 31.8 Å². The summed E-state index contributed by atoms with van der Waals surface area (Å²) in [5, 5.41) is 8.89. The van der Waals surface area contributed by atoms with Crippen LogP contribution in [-0.4, -0.2) is 47.8 Å². The number of hydrogen-bond donors (Lipinski definition) is 1. The minimum absolute atomic E-state index is 0.111. The molecule has 0 saturated carbocycles. The number of carbonyl (C=O) groups is 1. The molecule has 1 fully saturated rings. The molecule has 1 saturated heterocycles. The SMILES string of the molecule is COCC1CCN(Cc2cccc(C(=O)O)n2)C1. The molecule has 0 spiro atoms. The van der Waals surface area contributed by atoms with Gasteiger partial charge in [-0.3, -0.25) is 4.90 Å². The lowest BCUT2D eigenvalue weighted by atomic mass is 10.1. The number of hydrogen-bond acceptors (Lipinski definition) is 4. The molecule has 0 amide bonds. The molecule has 1 aromatic heterocycles. The van der Waals surface area contributed by atoms with Crippen LogP contribution in [0, 0.1) is 5.92 Å². The zero-order valence-electron chi connectivity index (χ0n) is 10.5. The molecule has 1 aromatic rings. The lowest BCUT2D eigenvalue weighted by Crippen LogP contribution is -2.22. The molecule has 0 aliphatic carbocycles. The number of nitrogens with zero attached hydrogens (tertiary/aromatic N) is 2. The Morgan fingerprint density at radius 2 is 2.44 bits per heavy atom. The Balaban J connectivity index is 1.94. The average Bonchev–Trinajstić information content (AvgIpc) is 2.77. The van der Waals surface area contributed by atoms with E-state index in [1.54, 1.807) is 13.2 Å². The van der Waals surface area contributed by atoms with Crippen LogP contribution in [0.25, 0.3) is 0 Å². The van der Waals surface area contributed by atoms with Crippen molar-refractivity contribution < 1.29 is 14.6 Å². The van der Waals surface area contributed by atoms with Crippen molar-refractivity contribution in [3.05, 3.63) is 29.6 Å².